The smallest absolute Gasteiger partial charge is 0.0819 e. The second-order valence-corrected chi connectivity index (χ2v) is 11.2. The van der Waals surface area contributed by atoms with Gasteiger partial charge in [-0.3, -0.25) is 0 Å². The average Bonchev–Trinajstić information content (AvgIpc) is 2.45. The number of hydrogen-bond donors (Lipinski definition) is 0. The van der Waals surface area contributed by atoms with Crippen LogP contribution in [0.4, 0.5) is 0 Å². The Morgan fingerprint density at radius 2 is 0.773 bits per heavy atom. The van der Waals surface area contributed by atoms with Crippen LogP contribution in [-0.2, 0) is 4.57 Å². The highest BCUT2D eigenvalue weighted by molar-refractivity contribution is 7.62. The summed E-state index contributed by atoms with van der Waals surface area (Å²) in [7, 11) is -1.75. The highest BCUT2D eigenvalue weighted by Gasteiger charge is 2.05. The summed E-state index contributed by atoms with van der Waals surface area (Å²) >= 11 is 0. The van der Waals surface area contributed by atoms with E-state index in [1.807, 2.05) is 13.3 Å². The van der Waals surface area contributed by atoms with Crippen LogP contribution in [0.25, 0.3) is 0 Å². The third kappa shape index (κ3) is 20.2. The van der Waals surface area contributed by atoms with Crippen molar-refractivity contribution in [1.29, 1.82) is 0 Å². The molecule has 0 amide bonds. The molecular formula is C20H43OP. The van der Waals surface area contributed by atoms with Crippen molar-refractivity contribution >= 4 is 7.14 Å². The molecule has 0 rings (SSSR count). The Balaban J connectivity index is 3.01. The average molecular weight is 331 g/mol. The molecule has 0 aromatic carbocycles. The minimum absolute atomic E-state index is 0.950. The van der Waals surface area contributed by atoms with Crippen LogP contribution in [0.15, 0.2) is 0 Å². The summed E-state index contributed by atoms with van der Waals surface area (Å²) in [5.74, 6) is 0. The van der Waals surface area contributed by atoms with Crippen molar-refractivity contribution in [3.63, 3.8) is 0 Å². The minimum Gasteiger partial charge on any atom is -0.324 e. The van der Waals surface area contributed by atoms with Crippen molar-refractivity contribution in [1.82, 2.24) is 0 Å². The molecule has 134 valence electrons. The normalized spacial score (nSPS) is 12.0. The van der Waals surface area contributed by atoms with Gasteiger partial charge in [0, 0.05) is 6.16 Å². The Labute approximate surface area is 141 Å². The number of hydrogen-bond acceptors (Lipinski definition) is 1. The van der Waals surface area contributed by atoms with Gasteiger partial charge in [0.1, 0.15) is 0 Å². The lowest BCUT2D eigenvalue weighted by molar-refractivity contribution is 0.531. The van der Waals surface area contributed by atoms with Gasteiger partial charge in [0.2, 0.25) is 0 Å². The largest absolute Gasteiger partial charge is 0.324 e. The fourth-order valence-electron chi connectivity index (χ4n) is 3.04. The summed E-state index contributed by atoms with van der Waals surface area (Å²) in [5, 5.41) is 0. The number of rotatable bonds is 17. The van der Waals surface area contributed by atoms with E-state index in [9.17, 15) is 4.57 Å². The van der Waals surface area contributed by atoms with Gasteiger partial charge in [-0.15, -0.1) is 0 Å². The molecule has 0 radical (unpaired) electrons. The van der Waals surface area contributed by atoms with E-state index in [1.54, 1.807) is 0 Å². The molecule has 0 fully saturated rings. The first-order valence-electron chi connectivity index (χ1n) is 10.1. The maximum atomic E-state index is 11.6. The van der Waals surface area contributed by atoms with Crippen LogP contribution in [0.5, 0.6) is 0 Å². The molecule has 0 aromatic rings. The molecule has 0 spiro atoms. The lowest BCUT2D eigenvalue weighted by atomic mass is 10.0. The van der Waals surface area contributed by atoms with Crippen molar-refractivity contribution in [3.05, 3.63) is 0 Å². The fourth-order valence-corrected chi connectivity index (χ4v) is 4.03. The molecule has 0 bridgehead atoms. The molecular weight excluding hydrogens is 287 g/mol. The van der Waals surface area contributed by atoms with Crippen LogP contribution in [0.3, 0.4) is 0 Å². The second kappa shape index (κ2) is 16.1. The predicted octanol–water partition coefficient (Wildman–Crippen LogP) is 7.87. The maximum Gasteiger partial charge on any atom is 0.0819 e. The second-order valence-electron chi connectivity index (χ2n) is 7.60. The van der Waals surface area contributed by atoms with Gasteiger partial charge in [-0.2, -0.15) is 0 Å². The number of unbranched alkanes of at least 4 members (excludes halogenated alkanes) is 15. The van der Waals surface area contributed by atoms with E-state index in [4.69, 9.17) is 0 Å². The van der Waals surface area contributed by atoms with Gasteiger partial charge in [0.15, 0.2) is 0 Å². The van der Waals surface area contributed by atoms with E-state index in [-0.39, 0.29) is 0 Å². The third-order valence-electron chi connectivity index (χ3n) is 4.55. The summed E-state index contributed by atoms with van der Waals surface area (Å²) in [4.78, 5) is 0. The first-order chi connectivity index (χ1) is 10.6. The van der Waals surface area contributed by atoms with Crippen LogP contribution in [0.1, 0.15) is 110 Å². The molecule has 0 heterocycles. The van der Waals surface area contributed by atoms with E-state index in [0.29, 0.717) is 0 Å². The van der Waals surface area contributed by atoms with Crippen LogP contribution in [-0.4, -0.2) is 19.5 Å². The molecule has 0 saturated carbocycles. The molecule has 22 heavy (non-hydrogen) atoms. The third-order valence-corrected chi connectivity index (χ3v) is 5.94. The van der Waals surface area contributed by atoms with Gasteiger partial charge in [0.05, 0.1) is 7.14 Å². The molecule has 0 unspecified atom stereocenters. The van der Waals surface area contributed by atoms with Crippen LogP contribution in [0, 0.1) is 0 Å². The first kappa shape index (κ1) is 22.2. The molecule has 2 heteroatoms. The summed E-state index contributed by atoms with van der Waals surface area (Å²) < 4.78 is 11.6. The molecule has 0 aliphatic rings. The SMILES string of the molecule is CCCCCCCCCCCCCCCCCCP(C)(C)=O. The van der Waals surface area contributed by atoms with Gasteiger partial charge >= 0.3 is 0 Å². The minimum atomic E-state index is -1.75. The summed E-state index contributed by atoms with van der Waals surface area (Å²) in [6.07, 6.45) is 23.4. The van der Waals surface area contributed by atoms with Gasteiger partial charge in [-0.05, 0) is 19.8 Å². The van der Waals surface area contributed by atoms with Gasteiger partial charge < -0.3 is 4.57 Å². The van der Waals surface area contributed by atoms with Gasteiger partial charge in [0.25, 0.3) is 0 Å². The molecule has 0 aliphatic heterocycles. The maximum absolute atomic E-state index is 11.6. The highest BCUT2D eigenvalue weighted by Crippen LogP contribution is 2.36. The molecule has 0 saturated heterocycles. The van der Waals surface area contributed by atoms with Crippen molar-refractivity contribution in [2.75, 3.05) is 19.5 Å². The van der Waals surface area contributed by atoms with Gasteiger partial charge in [-0.25, -0.2) is 0 Å². The Morgan fingerprint density at radius 3 is 1.05 bits per heavy atom. The molecule has 0 aromatic heterocycles. The Hall–Kier alpha value is 0.230. The van der Waals surface area contributed by atoms with Crippen molar-refractivity contribution < 1.29 is 4.57 Å². The predicted molar refractivity (Wildman–Crippen MR) is 104 cm³/mol. The Morgan fingerprint density at radius 1 is 0.500 bits per heavy atom. The van der Waals surface area contributed by atoms with Gasteiger partial charge in [-0.1, -0.05) is 103 Å². The Kier molecular flexibility index (Phi) is 16.3. The van der Waals surface area contributed by atoms with Crippen LogP contribution < -0.4 is 0 Å². The zero-order valence-corrected chi connectivity index (χ0v) is 16.8. The summed E-state index contributed by atoms with van der Waals surface area (Å²) in [6.45, 7) is 6.12. The summed E-state index contributed by atoms with van der Waals surface area (Å²) in [6, 6.07) is 0. The zero-order valence-electron chi connectivity index (χ0n) is 15.9. The summed E-state index contributed by atoms with van der Waals surface area (Å²) in [5.41, 5.74) is 0. The van der Waals surface area contributed by atoms with E-state index < -0.39 is 7.14 Å². The molecule has 1 nitrogen and oxygen atoms in total. The van der Waals surface area contributed by atoms with Crippen molar-refractivity contribution in [3.8, 4) is 0 Å². The van der Waals surface area contributed by atoms with E-state index in [1.165, 1.54) is 103 Å². The van der Waals surface area contributed by atoms with Crippen molar-refractivity contribution in [2.45, 2.75) is 110 Å². The van der Waals surface area contributed by atoms with Crippen LogP contribution in [0.2, 0.25) is 0 Å². The lowest BCUT2D eigenvalue weighted by Crippen LogP contribution is -1.87. The first-order valence-corrected chi connectivity index (χ1v) is 12.9. The zero-order chi connectivity index (χ0) is 16.5. The standard InChI is InChI=1S/C20H43OP/c1-4-5-6-7-8-9-10-11-12-13-14-15-16-17-18-19-20-22(2,3)21/h4-20H2,1-3H3. The lowest BCUT2D eigenvalue weighted by Gasteiger charge is -2.06. The van der Waals surface area contributed by atoms with E-state index in [0.717, 1.165) is 6.16 Å². The highest BCUT2D eigenvalue weighted by atomic mass is 31.2. The quantitative estimate of drug-likeness (QED) is 0.196. The van der Waals surface area contributed by atoms with E-state index >= 15 is 0 Å². The topological polar surface area (TPSA) is 17.1 Å². The Bertz CT molecular complexity index is 256. The fraction of sp³-hybridized carbons (Fsp3) is 1.00. The van der Waals surface area contributed by atoms with E-state index in [2.05, 4.69) is 6.92 Å². The monoisotopic (exact) mass is 330 g/mol. The molecule has 0 atom stereocenters. The van der Waals surface area contributed by atoms with Crippen molar-refractivity contribution in [2.24, 2.45) is 0 Å². The molecule has 0 aliphatic carbocycles. The van der Waals surface area contributed by atoms with Crippen LogP contribution >= 0.6 is 7.14 Å². The molecule has 0 N–H and O–H groups in total.